The van der Waals surface area contributed by atoms with E-state index in [1.807, 2.05) is 36.4 Å². The summed E-state index contributed by atoms with van der Waals surface area (Å²) in [7, 11) is 1.68. The average Bonchev–Trinajstić information content (AvgIpc) is 3.30. The van der Waals surface area contributed by atoms with Crippen molar-refractivity contribution in [1.82, 2.24) is 10.2 Å². The second-order valence-corrected chi connectivity index (χ2v) is 11.9. The van der Waals surface area contributed by atoms with E-state index >= 15 is 0 Å². The number of benzene rings is 2. The highest BCUT2D eigenvalue weighted by atomic mass is 32.2. The number of amides is 2. The van der Waals surface area contributed by atoms with Crippen LogP contribution in [0.2, 0.25) is 0 Å². The summed E-state index contributed by atoms with van der Waals surface area (Å²) in [5, 5.41) is 2.76. The Balaban J connectivity index is 1.69. The molecule has 1 unspecified atom stereocenters. The molecule has 0 bridgehead atoms. The van der Waals surface area contributed by atoms with Crippen LogP contribution in [0, 0.1) is 5.92 Å². The van der Waals surface area contributed by atoms with E-state index in [0.717, 1.165) is 24.2 Å². The van der Waals surface area contributed by atoms with Crippen molar-refractivity contribution < 1.29 is 9.59 Å². The largest absolute Gasteiger partial charge is 0.359 e. The number of hydrogen-bond donors (Lipinski definition) is 1. The zero-order chi connectivity index (χ0) is 26.6. The highest BCUT2D eigenvalue weighted by Gasteiger charge is 2.43. The minimum Gasteiger partial charge on any atom is -0.359 e. The molecule has 1 atom stereocenters. The lowest BCUT2D eigenvalue weighted by Crippen LogP contribution is -2.31. The first-order valence-electron chi connectivity index (χ1n) is 12.8. The Kier molecular flexibility index (Phi) is 8.55. The Bertz CT molecular complexity index is 1240. The van der Waals surface area contributed by atoms with Crippen LogP contribution in [0.5, 0.6) is 0 Å². The molecule has 37 heavy (non-hydrogen) atoms. The summed E-state index contributed by atoms with van der Waals surface area (Å²) < 4.78 is 0.576. The number of thioether (sulfide) groups is 1. The third-order valence-electron chi connectivity index (χ3n) is 7.16. The van der Waals surface area contributed by atoms with Gasteiger partial charge in [-0.3, -0.25) is 14.5 Å². The maximum atomic E-state index is 13.3. The van der Waals surface area contributed by atoms with Gasteiger partial charge in [0.25, 0.3) is 5.91 Å². The van der Waals surface area contributed by atoms with E-state index in [-0.39, 0.29) is 17.2 Å². The van der Waals surface area contributed by atoms with E-state index in [1.54, 1.807) is 11.9 Å². The maximum absolute atomic E-state index is 13.3. The van der Waals surface area contributed by atoms with Gasteiger partial charge in [-0.1, -0.05) is 86.4 Å². The predicted molar refractivity (Wildman–Crippen MR) is 157 cm³/mol. The van der Waals surface area contributed by atoms with Gasteiger partial charge in [-0.05, 0) is 55.0 Å². The van der Waals surface area contributed by atoms with E-state index in [2.05, 4.69) is 61.3 Å². The molecule has 1 fully saturated rings. The molecule has 1 N–H and O–H groups in total. The number of rotatable bonds is 9. The number of para-hydroxylation sites is 1. The fourth-order valence-corrected chi connectivity index (χ4v) is 6.16. The zero-order valence-electron chi connectivity index (χ0n) is 22.0. The van der Waals surface area contributed by atoms with Crippen molar-refractivity contribution >= 4 is 45.8 Å². The summed E-state index contributed by atoms with van der Waals surface area (Å²) in [6.45, 7) is 8.01. The van der Waals surface area contributed by atoms with Gasteiger partial charge in [0.05, 0.1) is 11.4 Å². The van der Waals surface area contributed by atoms with Crippen LogP contribution in [0.4, 0.5) is 5.69 Å². The SMILES string of the molecule is CNC(=O)CCC1(C)C(=CC=C2SC(=S)N(Cc3ccccc3)C2=O)N(CCC(C)C)c2ccccc21. The van der Waals surface area contributed by atoms with Gasteiger partial charge in [0.1, 0.15) is 4.32 Å². The molecule has 0 aliphatic carbocycles. The van der Waals surface area contributed by atoms with Gasteiger partial charge in [0.2, 0.25) is 5.91 Å². The summed E-state index contributed by atoms with van der Waals surface area (Å²) in [5.41, 5.74) is 4.21. The van der Waals surface area contributed by atoms with E-state index in [1.165, 1.54) is 23.0 Å². The minimum atomic E-state index is -0.353. The van der Waals surface area contributed by atoms with Crippen molar-refractivity contribution in [3.63, 3.8) is 0 Å². The van der Waals surface area contributed by atoms with Gasteiger partial charge in [-0.25, -0.2) is 0 Å². The smallest absolute Gasteiger partial charge is 0.266 e. The Morgan fingerprint density at radius 1 is 1.08 bits per heavy atom. The Morgan fingerprint density at radius 3 is 2.49 bits per heavy atom. The Morgan fingerprint density at radius 2 is 1.78 bits per heavy atom. The molecule has 0 saturated carbocycles. The number of fused-ring (bicyclic) bond motifs is 1. The number of thiocarbonyl (C=S) groups is 1. The quantitative estimate of drug-likeness (QED) is 0.309. The number of hydrogen-bond acceptors (Lipinski definition) is 5. The lowest BCUT2D eigenvalue weighted by atomic mass is 9.77. The van der Waals surface area contributed by atoms with Gasteiger partial charge in [0, 0.05) is 36.8 Å². The second kappa shape index (κ2) is 11.7. The van der Waals surface area contributed by atoms with Crippen LogP contribution >= 0.6 is 24.0 Å². The topological polar surface area (TPSA) is 52.7 Å². The maximum Gasteiger partial charge on any atom is 0.266 e. The molecular formula is C30H35N3O2S2. The number of carbonyl (C=O) groups is 2. The summed E-state index contributed by atoms with van der Waals surface area (Å²) in [6, 6.07) is 18.4. The van der Waals surface area contributed by atoms with Crippen LogP contribution in [0.15, 0.2) is 77.4 Å². The van der Waals surface area contributed by atoms with Gasteiger partial charge in [-0.15, -0.1) is 0 Å². The van der Waals surface area contributed by atoms with Crippen LogP contribution in [-0.4, -0.2) is 34.6 Å². The molecule has 4 rings (SSSR count). The molecule has 2 aliphatic rings. The Hall–Kier alpha value is -2.90. The molecule has 2 aromatic carbocycles. The molecule has 0 spiro atoms. The molecule has 1 saturated heterocycles. The summed E-state index contributed by atoms with van der Waals surface area (Å²) >= 11 is 6.92. The molecule has 0 radical (unpaired) electrons. The van der Waals surface area contributed by atoms with Crippen molar-refractivity contribution in [2.24, 2.45) is 5.92 Å². The molecule has 7 heteroatoms. The van der Waals surface area contributed by atoms with Crippen molar-refractivity contribution in [2.45, 2.75) is 52.0 Å². The normalized spacial score (nSPS) is 21.4. The van der Waals surface area contributed by atoms with Crippen molar-refractivity contribution in [2.75, 3.05) is 18.5 Å². The lowest BCUT2D eigenvalue weighted by molar-refractivity contribution is -0.122. The molecule has 0 aromatic heterocycles. The zero-order valence-corrected chi connectivity index (χ0v) is 23.6. The third-order valence-corrected chi connectivity index (χ3v) is 8.55. The molecular weight excluding hydrogens is 498 g/mol. The first kappa shape index (κ1) is 27.1. The molecule has 2 amide bonds. The van der Waals surface area contributed by atoms with Crippen LogP contribution in [0.1, 0.15) is 51.2 Å². The standard InChI is InChI=1S/C30H35N3O2S2/c1-21(2)17-19-32-24-13-9-8-12-23(24)30(3,18-16-27(34)31-4)26(32)15-14-25-28(35)33(29(36)37-25)20-22-10-6-5-7-11-22/h5-15,21H,16-20H2,1-4H3,(H,31,34). The van der Waals surface area contributed by atoms with Crippen molar-refractivity contribution in [1.29, 1.82) is 0 Å². The van der Waals surface area contributed by atoms with Crippen LogP contribution in [-0.2, 0) is 21.5 Å². The van der Waals surface area contributed by atoms with Crippen molar-refractivity contribution in [3.05, 3.63) is 88.5 Å². The van der Waals surface area contributed by atoms with Gasteiger partial charge in [-0.2, -0.15) is 0 Å². The summed E-state index contributed by atoms with van der Waals surface area (Å²) in [5.74, 6) is 0.521. The van der Waals surface area contributed by atoms with Gasteiger partial charge >= 0.3 is 0 Å². The molecule has 2 aliphatic heterocycles. The highest BCUT2D eigenvalue weighted by Crippen LogP contribution is 2.50. The number of anilines is 1. The number of carbonyl (C=O) groups excluding carboxylic acids is 2. The van der Waals surface area contributed by atoms with E-state index in [0.29, 0.717) is 34.5 Å². The summed E-state index contributed by atoms with van der Waals surface area (Å²) in [6.07, 6.45) is 6.15. The van der Waals surface area contributed by atoms with E-state index < -0.39 is 0 Å². The number of nitrogens with one attached hydrogen (secondary N) is 1. The third kappa shape index (κ3) is 5.83. The first-order chi connectivity index (χ1) is 17.7. The van der Waals surface area contributed by atoms with Crippen LogP contribution < -0.4 is 10.2 Å². The first-order valence-corrected chi connectivity index (χ1v) is 14.0. The van der Waals surface area contributed by atoms with Gasteiger partial charge in [0.15, 0.2) is 0 Å². The molecule has 2 heterocycles. The minimum absolute atomic E-state index is 0.0282. The highest BCUT2D eigenvalue weighted by molar-refractivity contribution is 8.26. The van der Waals surface area contributed by atoms with Crippen molar-refractivity contribution in [3.8, 4) is 0 Å². The predicted octanol–water partition coefficient (Wildman–Crippen LogP) is 6.16. The molecule has 5 nitrogen and oxygen atoms in total. The Labute approximate surface area is 230 Å². The molecule has 194 valence electrons. The fraction of sp³-hybridized carbons (Fsp3) is 0.367. The fourth-order valence-electron chi connectivity index (χ4n) is 4.97. The lowest BCUT2D eigenvalue weighted by Gasteiger charge is -2.30. The van der Waals surface area contributed by atoms with Gasteiger partial charge < -0.3 is 10.2 Å². The van der Waals surface area contributed by atoms with E-state index in [4.69, 9.17) is 12.2 Å². The number of allylic oxidation sites excluding steroid dienone is 3. The summed E-state index contributed by atoms with van der Waals surface area (Å²) in [4.78, 5) is 30.2. The average molecular weight is 534 g/mol. The number of nitrogens with zero attached hydrogens (tertiary/aromatic N) is 2. The monoisotopic (exact) mass is 533 g/mol. The van der Waals surface area contributed by atoms with Crippen LogP contribution in [0.25, 0.3) is 0 Å². The van der Waals surface area contributed by atoms with E-state index in [9.17, 15) is 9.59 Å². The van der Waals surface area contributed by atoms with Crippen LogP contribution in [0.3, 0.4) is 0 Å². The molecule has 2 aromatic rings. The second-order valence-electron chi connectivity index (χ2n) is 10.2.